The number of fused-ring (bicyclic) bond motifs is 4. The summed E-state index contributed by atoms with van der Waals surface area (Å²) in [5.74, 6) is 1.11. The minimum absolute atomic E-state index is 0.0511. The highest BCUT2D eigenvalue weighted by Crippen LogP contribution is 2.43. The number of carbonyl (C=O) groups is 1. The summed E-state index contributed by atoms with van der Waals surface area (Å²) in [5.41, 5.74) is 7.17. The molecule has 0 aliphatic carbocycles. The predicted molar refractivity (Wildman–Crippen MR) is 139 cm³/mol. The molecule has 9 heteroatoms. The summed E-state index contributed by atoms with van der Waals surface area (Å²) in [6.45, 7) is 9.45. The standard InChI is InChI=1S/C26H36N4O4S/c1-4-34-22-9-7-21(8-10-22)30-17-19-15-26(2,3)24(30)18-29(16-19)25(31)28-20-5-11-23(12-6-20)35(32,33)14-13-27/h5-12,19,24H,4,13-18,27H2,1-3H3,(H,28,31)/t19-,24?/m1/s1. The maximum Gasteiger partial charge on any atom is 0.321 e. The Morgan fingerprint density at radius 2 is 1.77 bits per heavy atom. The summed E-state index contributed by atoms with van der Waals surface area (Å²) in [6, 6.07) is 14.5. The number of urea groups is 1. The van der Waals surface area contributed by atoms with Crippen LogP contribution in [0, 0.1) is 11.3 Å². The fraction of sp³-hybridized carbons (Fsp3) is 0.500. The number of rotatable bonds is 7. The number of anilines is 2. The minimum Gasteiger partial charge on any atom is -0.494 e. The SMILES string of the molecule is CCOc1ccc(N2C[C@H]3CN(C(=O)Nc4ccc(S(=O)(=O)CCN)cc4)CC2C(C)(C)C3)cc1. The third-order valence-corrected chi connectivity index (χ3v) is 8.80. The monoisotopic (exact) mass is 500 g/mol. The Hall–Kier alpha value is -2.78. The molecule has 5 rings (SSSR count). The van der Waals surface area contributed by atoms with E-state index in [1.807, 2.05) is 24.0 Å². The molecule has 35 heavy (non-hydrogen) atoms. The van der Waals surface area contributed by atoms with Crippen molar-refractivity contribution in [2.24, 2.45) is 17.1 Å². The van der Waals surface area contributed by atoms with Gasteiger partial charge in [0.15, 0.2) is 9.84 Å². The van der Waals surface area contributed by atoms with E-state index >= 15 is 0 Å². The lowest BCUT2D eigenvalue weighted by atomic mass is 9.73. The van der Waals surface area contributed by atoms with Crippen LogP contribution >= 0.6 is 0 Å². The Labute approximate surface area is 208 Å². The van der Waals surface area contributed by atoms with Gasteiger partial charge in [0.1, 0.15) is 5.75 Å². The zero-order valence-corrected chi connectivity index (χ0v) is 21.6. The number of carbonyl (C=O) groups excluding carboxylic acids is 1. The second-order valence-electron chi connectivity index (χ2n) is 10.1. The van der Waals surface area contributed by atoms with E-state index in [2.05, 4.69) is 36.2 Å². The van der Waals surface area contributed by atoms with Gasteiger partial charge < -0.3 is 25.6 Å². The lowest BCUT2D eigenvalue weighted by molar-refractivity contribution is 0.190. The maximum atomic E-state index is 13.2. The van der Waals surface area contributed by atoms with Crippen LogP contribution < -0.4 is 20.7 Å². The van der Waals surface area contributed by atoms with Crippen molar-refractivity contribution in [2.75, 3.05) is 48.8 Å². The molecular formula is C26H36N4O4S. The predicted octanol–water partition coefficient (Wildman–Crippen LogP) is 3.59. The number of benzene rings is 2. The van der Waals surface area contributed by atoms with Gasteiger partial charge in [-0.3, -0.25) is 0 Å². The van der Waals surface area contributed by atoms with Crippen LogP contribution in [0.3, 0.4) is 0 Å². The molecule has 2 aromatic rings. The topological polar surface area (TPSA) is 105 Å². The Kier molecular flexibility index (Phi) is 7.28. The molecule has 0 radical (unpaired) electrons. The number of sulfone groups is 1. The Balaban J connectivity index is 1.49. The summed E-state index contributed by atoms with van der Waals surface area (Å²) in [5, 5.41) is 2.95. The number of nitrogens with zero attached hydrogens (tertiary/aromatic N) is 2. The van der Waals surface area contributed by atoms with Gasteiger partial charge in [-0.1, -0.05) is 13.8 Å². The zero-order valence-electron chi connectivity index (χ0n) is 20.7. The van der Waals surface area contributed by atoms with E-state index in [-0.39, 0.29) is 34.7 Å². The Morgan fingerprint density at radius 1 is 1.09 bits per heavy atom. The van der Waals surface area contributed by atoms with Crippen molar-refractivity contribution in [1.29, 1.82) is 0 Å². The van der Waals surface area contributed by atoms with Crippen LogP contribution in [0.1, 0.15) is 27.2 Å². The molecule has 1 unspecified atom stereocenters. The van der Waals surface area contributed by atoms with E-state index in [0.717, 1.165) is 24.4 Å². The van der Waals surface area contributed by atoms with Crippen LogP contribution in [0.25, 0.3) is 0 Å². The van der Waals surface area contributed by atoms with Gasteiger partial charge in [0.25, 0.3) is 0 Å². The summed E-state index contributed by atoms with van der Waals surface area (Å²) >= 11 is 0. The number of nitrogens with one attached hydrogen (secondary N) is 1. The Morgan fingerprint density at radius 3 is 2.40 bits per heavy atom. The van der Waals surface area contributed by atoms with Crippen molar-refractivity contribution >= 4 is 27.2 Å². The molecule has 2 amide bonds. The van der Waals surface area contributed by atoms with Crippen LogP contribution in [0.4, 0.5) is 16.2 Å². The number of ether oxygens (including phenoxy) is 1. The second kappa shape index (κ2) is 10.1. The van der Waals surface area contributed by atoms with Gasteiger partial charge in [0, 0.05) is 37.6 Å². The first-order valence-corrected chi connectivity index (χ1v) is 13.9. The molecule has 2 atom stereocenters. The van der Waals surface area contributed by atoms with Crippen molar-refractivity contribution in [2.45, 2.75) is 38.1 Å². The summed E-state index contributed by atoms with van der Waals surface area (Å²) in [7, 11) is -3.40. The molecule has 0 spiro atoms. The highest BCUT2D eigenvalue weighted by Gasteiger charge is 2.46. The molecule has 2 bridgehead atoms. The summed E-state index contributed by atoms with van der Waals surface area (Å²) in [6.07, 6.45) is 1.06. The maximum absolute atomic E-state index is 13.2. The molecule has 190 valence electrons. The molecule has 8 nitrogen and oxygen atoms in total. The van der Waals surface area contributed by atoms with Crippen molar-refractivity contribution in [1.82, 2.24) is 4.90 Å². The number of hydrogen-bond acceptors (Lipinski definition) is 6. The quantitative estimate of drug-likeness (QED) is 0.602. The van der Waals surface area contributed by atoms with Crippen LogP contribution in [0.15, 0.2) is 53.4 Å². The molecule has 2 aromatic carbocycles. The molecular weight excluding hydrogens is 464 g/mol. The first kappa shape index (κ1) is 25.3. The van der Waals surface area contributed by atoms with Crippen LogP contribution in [-0.2, 0) is 9.84 Å². The van der Waals surface area contributed by atoms with Crippen LogP contribution in [0.2, 0.25) is 0 Å². The van der Waals surface area contributed by atoms with E-state index < -0.39 is 9.84 Å². The van der Waals surface area contributed by atoms with Gasteiger partial charge in [-0.25, -0.2) is 13.2 Å². The average Bonchev–Trinajstić information content (AvgIpc) is 3.07. The molecule has 3 saturated heterocycles. The lowest BCUT2D eigenvalue weighted by Gasteiger charge is -2.48. The molecule has 3 N–H and O–H groups in total. The van der Waals surface area contributed by atoms with E-state index in [0.29, 0.717) is 31.3 Å². The number of hydrogen-bond donors (Lipinski definition) is 2. The fourth-order valence-electron chi connectivity index (χ4n) is 5.41. The van der Waals surface area contributed by atoms with Gasteiger partial charge in [-0.15, -0.1) is 0 Å². The smallest absolute Gasteiger partial charge is 0.321 e. The van der Waals surface area contributed by atoms with Crippen molar-refractivity contribution < 1.29 is 17.9 Å². The first-order chi connectivity index (χ1) is 16.6. The largest absolute Gasteiger partial charge is 0.494 e. The van der Waals surface area contributed by atoms with Gasteiger partial charge in [-0.2, -0.15) is 0 Å². The average molecular weight is 501 g/mol. The molecule has 0 aromatic heterocycles. The molecule has 3 heterocycles. The third-order valence-electron chi connectivity index (χ3n) is 7.04. The molecule has 3 aliphatic heterocycles. The Bertz CT molecular complexity index is 1130. The first-order valence-electron chi connectivity index (χ1n) is 12.2. The highest BCUT2D eigenvalue weighted by molar-refractivity contribution is 7.91. The zero-order chi connectivity index (χ0) is 25.2. The van der Waals surface area contributed by atoms with Gasteiger partial charge in [0.2, 0.25) is 0 Å². The van der Waals surface area contributed by atoms with E-state index in [4.69, 9.17) is 10.5 Å². The van der Waals surface area contributed by atoms with Gasteiger partial charge in [0.05, 0.1) is 23.3 Å². The molecule has 3 fully saturated rings. The third kappa shape index (κ3) is 5.56. The molecule has 0 saturated carbocycles. The summed E-state index contributed by atoms with van der Waals surface area (Å²) in [4.78, 5) is 17.8. The van der Waals surface area contributed by atoms with Crippen molar-refractivity contribution in [3.8, 4) is 5.75 Å². The van der Waals surface area contributed by atoms with E-state index in [1.165, 1.54) is 12.1 Å². The number of amides is 2. The van der Waals surface area contributed by atoms with Crippen molar-refractivity contribution in [3.05, 3.63) is 48.5 Å². The van der Waals surface area contributed by atoms with Gasteiger partial charge >= 0.3 is 6.03 Å². The van der Waals surface area contributed by atoms with Crippen LogP contribution in [0.5, 0.6) is 5.75 Å². The molecule has 3 aliphatic rings. The fourth-order valence-corrected chi connectivity index (χ4v) is 6.50. The second-order valence-corrected chi connectivity index (χ2v) is 12.2. The van der Waals surface area contributed by atoms with Crippen LogP contribution in [-0.4, -0.2) is 63.9 Å². The van der Waals surface area contributed by atoms with Crippen molar-refractivity contribution in [3.63, 3.8) is 0 Å². The van der Waals surface area contributed by atoms with E-state index in [1.54, 1.807) is 12.1 Å². The minimum atomic E-state index is -3.40. The highest BCUT2D eigenvalue weighted by atomic mass is 32.2. The van der Waals surface area contributed by atoms with E-state index in [9.17, 15) is 13.2 Å². The number of piperidine rings is 1. The summed E-state index contributed by atoms with van der Waals surface area (Å²) < 4.78 is 30.0. The lowest BCUT2D eigenvalue weighted by Crippen LogP contribution is -2.54. The van der Waals surface area contributed by atoms with Gasteiger partial charge in [-0.05, 0) is 73.2 Å². The number of nitrogens with two attached hydrogens (primary N) is 1. The normalized spacial score (nSPS) is 21.5.